The second-order valence-electron chi connectivity index (χ2n) is 9.05. The molecule has 1 aliphatic heterocycles. The van der Waals surface area contributed by atoms with E-state index in [1.807, 2.05) is 61.5 Å². The average Bonchev–Trinajstić information content (AvgIpc) is 3.31. The molecule has 36 heavy (non-hydrogen) atoms. The molecule has 2 heterocycles. The minimum Gasteiger partial charge on any atom is -0.378 e. The zero-order valence-electron chi connectivity index (χ0n) is 20.1. The number of amides is 1. The van der Waals surface area contributed by atoms with Gasteiger partial charge >= 0.3 is 0 Å². The Hall–Kier alpha value is -3.62. The monoisotopic (exact) mass is 503 g/mol. The van der Waals surface area contributed by atoms with Crippen LogP contribution in [0.3, 0.4) is 0 Å². The molecule has 1 amide bonds. The molecule has 2 N–H and O–H groups in total. The first-order valence-electron chi connectivity index (χ1n) is 12.0. The van der Waals surface area contributed by atoms with Crippen LogP contribution in [0.1, 0.15) is 11.1 Å². The summed E-state index contributed by atoms with van der Waals surface area (Å²) in [4.78, 5) is 19.1. The number of hydrogen-bond acceptors (Lipinski definition) is 5. The van der Waals surface area contributed by atoms with Gasteiger partial charge in [0.25, 0.3) is 0 Å². The SMILES string of the molecule is Cc1cccc(S(=O)(=O)C(Cc2c[nH]c3ccccc23)C(=O)Nc2ccc(N3CCOCC3)cc2)c1. The Bertz CT molecular complexity index is 1470. The summed E-state index contributed by atoms with van der Waals surface area (Å²) in [6.07, 6.45) is 1.84. The third-order valence-corrected chi connectivity index (χ3v) is 8.62. The molecule has 1 atom stereocenters. The maximum Gasteiger partial charge on any atom is 0.243 e. The fourth-order valence-corrected chi connectivity index (χ4v) is 6.29. The lowest BCUT2D eigenvalue weighted by atomic mass is 10.1. The Morgan fingerprint density at radius 2 is 1.78 bits per heavy atom. The van der Waals surface area contributed by atoms with E-state index in [1.165, 1.54) is 0 Å². The number of carbonyl (C=O) groups excluding carboxylic acids is 1. The first-order valence-corrected chi connectivity index (χ1v) is 13.6. The van der Waals surface area contributed by atoms with E-state index in [9.17, 15) is 13.2 Å². The Labute approximate surface area is 211 Å². The fourth-order valence-electron chi connectivity index (χ4n) is 4.60. The van der Waals surface area contributed by atoms with Crippen molar-refractivity contribution in [2.75, 3.05) is 36.5 Å². The zero-order valence-corrected chi connectivity index (χ0v) is 20.9. The van der Waals surface area contributed by atoms with Crippen molar-refractivity contribution in [3.63, 3.8) is 0 Å². The molecule has 0 aliphatic carbocycles. The van der Waals surface area contributed by atoms with E-state index in [1.54, 1.807) is 24.4 Å². The lowest BCUT2D eigenvalue weighted by molar-refractivity contribution is -0.115. The lowest BCUT2D eigenvalue weighted by Gasteiger charge is -2.29. The van der Waals surface area contributed by atoms with Gasteiger partial charge in [-0.25, -0.2) is 8.42 Å². The van der Waals surface area contributed by atoms with Gasteiger partial charge in [0.2, 0.25) is 5.91 Å². The fraction of sp³-hybridized carbons (Fsp3) is 0.250. The first kappa shape index (κ1) is 24.1. The van der Waals surface area contributed by atoms with Crippen LogP contribution in [-0.2, 0) is 25.8 Å². The smallest absolute Gasteiger partial charge is 0.243 e. The zero-order chi connectivity index (χ0) is 25.1. The van der Waals surface area contributed by atoms with Crippen molar-refractivity contribution in [1.82, 2.24) is 4.98 Å². The number of H-pyrrole nitrogens is 1. The van der Waals surface area contributed by atoms with E-state index in [4.69, 9.17) is 4.74 Å². The molecule has 1 saturated heterocycles. The predicted octanol–water partition coefficient (Wildman–Crippen LogP) is 4.34. The summed E-state index contributed by atoms with van der Waals surface area (Å²) >= 11 is 0. The Balaban J connectivity index is 1.44. The van der Waals surface area contributed by atoms with E-state index in [0.717, 1.165) is 40.8 Å². The molecular weight excluding hydrogens is 474 g/mol. The van der Waals surface area contributed by atoms with Crippen molar-refractivity contribution in [1.29, 1.82) is 0 Å². The van der Waals surface area contributed by atoms with Crippen LogP contribution in [0.2, 0.25) is 0 Å². The maximum absolute atomic E-state index is 13.7. The third-order valence-electron chi connectivity index (χ3n) is 6.58. The van der Waals surface area contributed by atoms with Crippen LogP contribution >= 0.6 is 0 Å². The number of nitrogens with one attached hydrogen (secondary N) is 2. The van der Waals surface area contributed by atoms with Gasteiger partial charge in [0.05, 0.1) is 18.1 Å². The van der Waals surface area contributed by atoms with Gasteiger partial charge < -0.3 is 19.9 Å². The van der Waals surface area contributed by atoms with Crippen LogP contribution in [0, 0.1) is 6.92 Å². The number of benzene rings is 3. The summed E-state index contributed by atoms with van der Waals surface area (Å²) in [5.41, 5.74) is 4.10. The highest BCUT2D eigenvalue weighted by atomic mass is 32.2. The van der Waals surface area contributed by atoms with E-state index in [-0.39, 0.29) is 11.3 Å². The molecule has 1 aromatic heterocycles. The van der Waals surface area contributed by atoms with Crippen LogP contribution in [0.15, 0.2) is 83.9 Å². The van der Waals surface area contributed by atoms with Gasteiger partial charge in [0.1, 0.15) is 5.25 Å². The molecule has 1 unspecified atom stereocenters. The van der Waals surface area contributed by atoms with Crippen molar-refractivity contribution in [2.45, 2.75) is 23.5 Å². The summed E-state index contributed by atoms with van der Waals surface area (Å²) in [6, 6.07) is 21.9. The Kier molecular flexibility index (Phi) is 6.80. The summed E-state index contributed by atoms with van der Waals surface area (Å²) < 4.78 is 32.9. The van der Waals surface area contributed by atoms with Crippen LogP contribution in [-0.4, -0.2) is 50.9 Å². The van der Waals surface area contributed by atoms with E-state index >= 15 is 0 Å². The topological polar surface area (TPSA) is 91.5 Å². The molecule has 1 aliphatic rings. The standard InChI is InChI=1S/C28H29N3O4S/c1-20-5-4-6-24(17-20)36(33,34)27(18-21-19-29-26-8-3-2-7-25(21)26)28(32)30-22-9-11-23(12-10-22)31-13-15-35-16-14-31/h2-12,17,19,27,29H,13-16,18H2,1H3,(H,30,32). The van der Waals surface area contributed by atoms with Crippen LogP contribution in [0.5, 0.6) is 0 Å². The molecule has 8 heteroatoms. The molecule has 0 spiro atoms. The molecule has 0 bridgehead atoms. The number of aryl methyl sites for hydroxylation is 1. The van der Waals surface area contributed by atoms with Gasteiger partial charge in [-0.2, -0.15) is 0 Å². The number of ether oxygens (including phenoxy) is 1. The highest BCUT2D eigenvalue weighted by Gasteiger charge is 2.35. The minimum atomic E-state index is -3.96. The normalized spacial score (nSPS) is 15.1. The number of fused-ring (bicyclic) bond motifs is 1. The second kappa shape index (κ2) is 10.2. The number of sulfone groups is 1. The number of aromatic nitrogens is 1. The van der Waals surface area contributed by atoms with Gasteiger partial charge in [-0.15, -0.1) is 0 Å². The summed E-state index contributed by atoms with van der Waals surface area (Å²) in [5, 5.41) is 2.46. The number of rotatable bonds is 7. The number of anilines is 2. The molecule has 7 nitrogen and oxygen atoms in total. The molecule has 0 radical (unpaired) electrons. The summed E-state index contributed by atoms with van der Waals surface area (Å²) in [6.45, 7) is 4.83. The predicted molar refractivity (Wildman–Crippen MR) is 142 cm³/mol. The van der Waals surface area contributed by atoms with Gasteiger partial charge in [-0.3, -0.25) is 4.79 Å². The largest absolute Gasteiger partial charge is 0.378 e. The van der Waals surface area contributed by atoms with Gasteiger partial charge in [-0.05, 0) is 60.5 Å². The number of para-hydroxylation sites is 1. The average molecular weight is 504 g/mol. The first-order chi connectivity index (χ1) is 17.4. The van der Waals surface area contributed by atoms with Gasteiger partial charge in [0, 0.05) is 48.0 Å². The number of aromatic amines is 1. The molecule has 186 valence electrons. The number of nitrogens with zero attached hydrogens (tertiary/aromatic N) is 1. The maximum atomic E-state index is 13.7. The third kappa shape index (κ3) is 5.01. The van der Waals surface area contributed by atoms with Gasteiger partial charge in [0.15, 0.2) is 9.84 Å². The number of carbonyl (C=O) groups is 1. The number of hydrogen-bond donors (Lipinski definition) is 2. The highest BCUT2D eigenvalue weighted by Crippen LogP contribution is 2.26. The highest BCUT2D eigenvalue weighted by molar-refractivity contribution is 7.92. The molecule has 3 aromatic carbocycles. The van der Waals surface area contributed by atoms with Crippen molar-refractivity contribution >= 4 is 38.0 Å². The van der Waals surface area contributed by atoms with Crippen molar-refractivity contribution in [2.24, 2.45) is 0 Å². The molecule has 5 rings (SSSR count). The quantitative estimate of drug-likeness (QED) is 0.392. The van der Waals surface area contributed by atoms with E-state index in [2.05, 4.69) is 15.2 Å². The van der Waals surface area contributed by atoms with Crippen molar-refractivity contribution < 1.29 is 17.9 Å². The molecule has 4 aromatic rings. The molecular formula is C28H29N3O4S. The van der Waals surface area contributed by atoms with Crippen molar-refractivity contribution in [3.05, 3.63) is 90.1 Å². The Morgan fingerprint density at radius 3 is 2.53 bits per heavy atom. The second-order valence-corrected chi connectivity index (χ2v) is 11.2. The summed E-state index contributed by atoms with van der Waals surface area (Å²) in [5.74, 6) is -0.555. The van der Waals surface area contributed by atoms with Crippen molar-refractivity contribution in [3.8, 4) is 0 Å². The summed E-state index contributed by atoms with van der Waals surface area (Å²) in [7, 11) is -3.96. The molecule has 1 fully saturated rings. The van der Waals surface area contributed by atoms with Crippen LogP contribution in [0.4, 0.5) is 11.4 Å². The van der Waals surface area contributed by atoms with E-state index in [0.29, 0.717) is 18.9 Å². The van der Waals surface area contributed by atoms with Crippen LogP contribution in [0.25, 0.3) is 10.9 Å². The number of morpholine rings is 1. The van der Waals surface area contributed by atoms with Crippen LogP contribution < -0.4 is 10.2 Å². The van der Waals surface area contributed by atoms with E-state index < -0.39 is 21.0 Å². The molecule has 0 saturated carbocycles. The van der Waals surface area contributed by atoms with Gasteiger partial charge in [-0.1, -0.05) is 30.3 Å². The lowest BCUT2D eigenvalue weighted by Crippen LogP contribution is -2.37. The Morgan fingerprint density at radius 1 is 1.03 bits per heavy atom. The minimum absolute atomic E-state index is 0.0536.